The molecular weight excluding hydrogens is 241 g/mol. The summed E-state index contributed by atoms with van der Waals surface area (Å²) in [5.74, 6) is 0.798. The fourth-order valence-corrected chi connectivity index (χ4v) is 2.46. The van der Waals surface area contributed by atoms with Gasteiger partial charge in [-0.1, -0.05) is 13.0 Å². The Morgan fingerprint density at radius 2 is 1.94 bits per heavy atom. The minimum Gasteiger partial charge on any atom is -0.317 e. The molecule has 18 heavy (non-hydrogen) atoms. The van der Waals surface area contributed by atoms with E-state index in [9.17, 15) is 13.2 Å². The molecule has 1 aromatic rings. The molecule has 100 valence electrons. The summed E-state index contributed by atoms with van der Waals surface area (Å²) in [5.41, 5.74) is 0.0821. The Morgan fingerprint density at radius 1 is 1.28 bits per heavy atom. The molecule has 1 unspecified atom stereocenters. The average Bonchev–Trinajstić information content (AvgIpc) is 2.38. The number of nitrogens with zero attached hydrogens (tertiary/aromatic N) is 1. The molecule has 1 saturated heterocycles. The molecule has 1 fully saturated rings. The van der Waals surface area contributed by atoms with Crippen LogP contribution in [0.1, 0.15) is 36.9 Å². The largest absolute Gasteiger partial charge is 0.433 e. The quantitative estimate of drug-likeness (QED) is 0.881. The highest BCUT2D eigenvalue weighted by atomic mass is 19.4. The standard InChI is InChI=1S/C13H17F3N2/c1-9(10-4-6-17-7-5-10)11-2-3-12(18-8-11)13(14,15)16/h2-3,8-10,17H,4-7H2,1H3. The Labute approximate surface area is 105 Å². The lowest BCUT2D eigenvalue weighted by Gasteiger charge is -2.28. The molecule has 2 nitrogen and oxygen atoms in total. The van der Waals surface area contributed by atoms with Crippen molar-refractivity contribution in [3.63, 3.8) is 0 Å². The molecule has 0 aromatic carbocycles. The van der Waals surface area contributed by atoms with Crippen LogP contribution in [0.4, 0.5) is 13.2 Å². The number of nitrogens with one attached hydrogen (secondary N) is 1. The van der Waals surface area contributed by atoms with Crippen LogP contribution in [0.25, 0.3) is 0 Å². The summed E-state index contributed by atoms with van der Waals surface area (Å²) < 4.78 is 37.2. The lowest BCUT2D eigenvalue weighted by atomic mass is 9.82. The van der Waals surface area contributed by atoms with Crippen LogP contribution in [0, 0.1) is 5.92 Å². The molecule has 0 radical (unpaired) electrons. The molecule has 0 saturated carbocycles. The number of halogens is 3. The molecule has 0 bridgehead atoms. The number of rotatable bonds is 2. The van der Waals surface area contributed by atoms with Gasteiger partial charge < -0.3 is 5.32 Å². The van der Waals surface area contributed by atoms with E-state index in [0.29, 0.717) is 5.92 Å². The van der Waals surface area contributed by atoms with E-state index in [-0.39, 0.29) is 5.92 Å². The number of aromatic nitrogens is 1. The third-order valence-electron chi connectivity index (χ3n) is 3.69. The van der Waals surface area contributed by atoms with Gasteiger partial charge in [0, 0.05) is 6.20 Å². The number of hydrogen-bond acceptors (Lipinski definition) is 2. The van der Waals surface area contributed by atoms with Crippen molar-refractivity contribution in [2.45, 2.75) is 31.9 Å². The van der Waals surface area contributed by atoms with Gasteiger partial charge in [0.25, 0.3) is 0 Å². The summed E-state index contributed by atoms with van der Waals surface area (Å²) in [6.45, 7) is 4.05. The Hall–Kier alpha value is -1.10. The maximum absolute atomic E-state index is 12.4. The minimum absolute atomic E-state index is 0.266. The third kappa shape index (κ3) is 3.02. The van der Waals surface area contributed by atoms with Crippen molar-refractivity contribution in [3.8, 4) is 0 Å². The topological polar surface area (TPSA) is 24.9 Å². The van der Waals surface area contributed by atoms with Crippen molar-refractivity contribution in [2.75, 3.05) is 13.1 Å². The highest BCUT2D eigenvalue weighted by Gasteiger charge is 2.32. The summed E-state index contributed by atoms with van der Waals surface area (Å²) in [7, 11) is 0. The maximum atomic E-state index is 12.4. The number of hydrogen-bond donors (Lipinski definition) is 1. The van der Waals surface area contributed by atoms with Gasteiger partial charge >= 0.3 is 6.18 Å². The molecule has 0 aliphatic carbocycles. The molecule has 1 N–H and O–H groups in total. The predicted molar refractivity (Wildman–Crippen MR) is 63.2 cm³/mol. The Balaban J connectivity index is 2.09. The van der Waals surface area contributed by atoms with Crippen LogP contribution in [0.2, 0.25) is 0 Å². The molecule has 1 aromatic heterocycles. The molecule has 2 rings (SSSR count). The highest BCUT2D eigenvalue weighted by Crippen LogP contribution is 2.32. The van der Waals surface area contributed by atoms with Gasteiger partial charge in [-0.05, 0) is 49.4 Å². The minimum atomic E-state index is -4.35. The fourth-order valence-electron chi connectivity index (χ4n) is 2.46. The fraction of sp³-hybridized carbons (Fsp3) is 0.615. The zero-order chi connectivity index (χ0) is 13.2. The van der Waals surface area contributed by atoms with Crippen LogP contribution >= 0.6 is 0 Å². The smallest absolute Gasteiger partial charge is 0.317 e. The van der Waals surface area contributed by atoms with Gasteiger partial charge in [0.05, 0.1) is 0 Å². The van der Waals surface area contributed by atoms with E-state index >= 15 is 0 Å². The van der Waals surface area contributed by atoms with E-state index in [1.165, 1.54) is 6.20 Å². The maximum Gasteiger partial charge on any atom is 0.433 e. The first-order chi connectivity index (χ1) is 8.48. The van der Waals surface area contributed by atoms with Crippen molar-refractivity contribution in [1.82, 2.24) is 10.3 Å². The van der Waals surface area contributed by atoms with Crippen LogP contribution in [0.3, 0.4) is 0 Å². The van der Waals surface area contributed by atoms with Crippen LogP contribution in [-0.4, -0.2) is 18.1 Å². The molecular formula is C13H17F3N2. The van der Waals surface area contributed by atoms with Crippen LogP contribution in [-0.2, 0) is 6.18 Å². The second-order valence-electron chi connectivity index (χ2n) is 4.85. The molecule has 1 atom stereocenters. The van der Waals surface area contributed by atoms with Crippen LogP contribution in [0.15, 0.2) is 18.3 Å². The Bertz CT molecular complexity index is 380. The predicted octanol–water partition coefficient (Wildman–Crippen LogP) is 3.20. The van der Waals surface area contributed by atoms with E-state index in [2.05, 4.69) is 17.2 Å². The van der Waals surface area contributed by atoms with Crippen LogP contribution < -0.4 is 5.32 Å². The van der Waals surface area contributed by atoms with Crippen molar-refractivity contribution < 1.29 is 13.2 Å². The monoisotopic (exact) mass is 258 g/mol. The van der Waals surface area contributed by atoms with E-state index < -0.39 is 11.9 Å². The van der Waals surface area contributed by atoms with Crippen molar-refractivity contribution in [3.05, 3.63) is 29.6 Å². The summed E-state index contributed by atoms with van der Waals surface area (Å²) in [6, 6.07) is 2.63. The number of pyridine rings is 1. The molecule has 2 heterocycles. The van der Waals surface area contributed by atoms with Crippen LogP contribution in [0.5, 0.6) is 0 Å². The van der Waals surface area contributed by atoms with E-state index in [1.807, 2.05) is 0 Å². The first-order valence-electron chi connectivity index (χ1n) is 6.22. The van der Waals surface area contributed by atoms with Gasteiger partial charge in [0.2, 0.25) is 0 Å². The molecule has 5 heteroatoms. The van der Waals surface area contributed by atoms with Gasteiger partial charge in [-0.3, -0.25) is 4.98 Å². The van der Waals surface area contributed by atoms with Gasteiger partial charge in [-0.2, -0.15) is 13.2 Å². The second kappa shape index (κ2) is 5.26. The number of alkyl halides is 3. The van der Waals surface area contributed by atoms with Crippen molar-refractivity contribution in [2.24, 2.45) is 5.92 Å². The summed E-state index contributed by atoms with van der Waals surface area (Å²) in [4.78, 5) is 3.53. The van der Waals surface area contributed by atoms with Gasteiger partial charge in [0.15, 0.2) is 0 Å². The van der Waals surface area contributed by atoms with E-state index in [1.54, 1.807) is 6.07 Å². The van der Waals surface area contributed by atoms with Crippen molar-refractivity contribution in [1.29, 1.82) is 0 Å². The molecule has 0 amide bonds. The van der Waals surface area contributed by atoms with E-state index in [4.69, 9.17) is 0 Å². The molecule has 1 aliphatic heterocycles. The Kier molecular flexibility index (Phi) is 3.90. The highest BCUT2D eigenvalue weighted by molar-refractivity contribution is 5.20. The number of piperidine rings is 1. The van der Waals surface area contributed by atoms with Gasteiger partial charge in [0.1, 0.15) is 5.69 Å². The second-order valence-corrected chi connectivity index (χ2v) is 4.85. The SMILES string of the molecule is CC(c1ccc(C(F)(F)F)nc1)C1CCNCC1. The van der Waals surface area contributed by atoms with Gasteiger partial charge in [-0.25, -0.2) is 0 Å². The summed E-state index contributed by atoms with van der Waals surface area (Å²) >= 11 is 0. The first kappa shape index (κ1) is 13.3. The lowest BCUT2D eigenvalue weighted by Crippen LogP contribution is -2.30. The zero-order valence-electron chi connectivity index (χ0n) is 10.3. The van der Waals surface area contributed by atoms with Crippen molar-refractivity contribution >= 4 is 0 Å². The zero-order valence-corrected chi connectivity index (χ0v) is 10.3. The average molecular weight is 258 g/mol. The summed E-state index contributed by atoms with van der Waals surface area (Å²) in [6.07, 6.45) is -0.837. The normalized spacial score (nSPS) is 19.8. The first-order valence-corrected chi connectivity index (χ1v) is 6.22. The molecule has 0 spiro atoms. The lowest BCUT2D eigenvalue weighted by molar-refractivity contribution is -0.141. The summed E-state index contributed by atoms with van der Waals surface area (Å²) in [5, 5.41) is 3.29. The third-order valence-corrected chi connectivity index (χ3v) is 3.69. The Morgan fingerprint density at radius 3 is 2.44 bits per heavy atom. The van der Waals surface area contributed by atoms with Gasteiger partial charge in [-0.15, -0.1) is 0 Å². The van der Waals surface area contributed by atoms with E-state index in [0.717, 1.165) is 37.6 Å². The molecule has 1 aliphatic rings.